The monoisotopic (exact) mass is 269 g/mol. The summed E-state index contributed by atoms with van der Waals surface area (Å²) in [4.78, 5) is 23.8. The number of carbonyl (C=O) groups excluding carboxylic acids is 1. The van der Waals surface area contributed by atoms with Crippen molar-refractivity contribution < 1.29 is 14.1 Å². The molecule has 0 spiro atoms. The van der Waals surface area contributed by atoms with Gasteiger partial charge < -0.3 is 10.2 Å². The van der Waals surface area contributed by atoms with Gasteiger partial charge in [-0.05, 0) is 26.1 Å². The number of carbonyl (C=O) groups is 1. The summed E-state index contributed by atoms with van der Waals surface area (Å²) in [5.41, 5.74) is -0.431. The summed E-state index contributed by atoms with van der Waals surface area (Å²) in [5.74, 6) is -1.22. The lowest BCUT2D eigenvalue weighted by molar-refractivity contribution is -0.385. The van der Waals surface area contributed by atoms with Crippen LogP contribution in [0.5, 0.6) is 0 Å². The zero-order valence-corrected chi connectivity index (χ0v) is 11.1. The molecule has 1 aromatic rings. The molecule has 0 saturated carbocycles. The zero-order valence-electron chi connectivity index (χ0n) is 11.1. The minimum Gasteiger partial charge on any atom is -0.340 e. The number of benzene rings is 1. The summed E-state index contributed by atoms with van der Waals surface area (Å²) in [7, 11) is 3.25. The van der Waals surface area contributed by atoms with E-state index in [1.54, 1.807) is 7.05 Å². The van der Waals surface area contributed by atoms with E-state index < -0.39 is 16.6 Å². The number of aryl methyl sites for hydroxylation is 1. The van der Waals surface area contributed by atoms with E-state index in [0.717, 1.165) is 12.1 Å². The summed E-state index contributed by atoms with van der Waals surface area (Å²) in [6.07, 6.45) is 0. The zero-order chi connectivity index (χ0) is 14.6. The number of hydrogen-bond acceptors (Lipinski definition) is 4. The van der Waals surface area contributed by atoms with Crippen LogP contribution in [0.3, 0.4) is 0 Å². The van der Waals surface area contributed by atoms with Gasteiger partial charge in [0.25, 0.3) is 11.6 Å². The van der Waals surface area contributed by atoms with Crippen LogP contribution in [0.15, 0.2) is 12.1 Å². The molecule has 6 nitrogen and oxygen atoms in total. The van der Waals surface area contributed by atoms with Crippen LogP contribution in [0.1, 0.15) is 15.9 Å². The van der Waals surface area contributed by atoms with Gasteiger partial charge >= 0.3 is 0 Å². The summed E-state index contributed by atoms with van der Waals surface area (Å²) in [5, 5.41) is 13.9. The normalized spacial score (nSPS) is 10.3. The Hall–Kier alpha value is -2.02. The molecular formula is C12H16FN3O3. The topological polar surface area (TPSA) is 75.5 Å². The molecule has 1 amide bonds. The fourth-order valence-corrected chi connectivity index (χ4v) is 1.73. The highest BCUT2D eigenvalue weighted by atomic mass is 19.1. The van der Waals surface area contributed by atoms with Crippen molar-refractivity contribution in [2.24, 2.45) is 0 Å². The SMILES string of the molecule is CNCCN(C)C(=O)c1cc(F)cc(C)c1[N+](=O)[O-]. The maximum Gasteiger partial charge on any atom is 0.285 e. The first-order valence-electron chi connectivity index (χ1n) is 5.73. The standard InChI is InChI=1S/C12H16FN3O3/c1-8-6-9(13)7-10(11(8)16(18)19)12(17)15(3)5-4-14-2/h6-7,14H,4-5H2,1-3H3. The number of nitro benzene ring substituents is 1. The van der Waals surface area contributed by atoms with E-state index in [9.17, 15) is 19.3 Å². The van der Waals surface area contributed by atoms with Gasteiger partial charge in [0.05, 0.1) is 4.92 Å². The van der Waals surface area contributed by atoms with Crippen molar-refractivity contribution in [3.05, 3.63) is 39.2 Å². The van der Waals surface area contributed by atoms with E-state index in [4.69, 9.17) is 0 Å². The molecule has 0 fully saturated rings. The van der Waals surface area contributed by atoms with E-state index in [0.29, 0.717) is 13.1 Å². The lowest BCUT2D eigenvalue weighted by Crippen LogP contribution is -2.33. The average Bonchev–Trinajstić information content (AvgIpc) is 2.33. The molecule has 0 aromatic heterocycles. The molecule has 0 aliphatic rings. The second-order valence-corrected chi connectivity index (χ2v) is 4.21. The van der Waals surface area contributed by atoms with Crippen molar-refractivity contribution in [2.75, 3.05) is 27.2 Å². The van der Waals surface area contributed by atoms with Crippen molar-refractivity contribution in [1.29, 1.82) is 0 Å². The average molecular weight is 269 g/mol. The number of amides is 1. The van der Waals surface area contributed by atoms with E-state index in [-0.39, 0.29) is 16.8 Å². The molecule has 0 atom stereocenters. The third kappa shape index (κ3) is 3.47. The second-order valence-electron chi connectivity index (χ2n) is 4.21. The summed E-state index contributed by atoms with van der Waals surface area (Å²) in [6.45, 7) is 2.33. The van der Waals surface area contributed by atoms with Crippen LogP contribution in [-0.4, -0.2) is 42.9 Å². The Labute approximate surface area is 110 Å². The maximum atomic E-state index is 13.3. The van der Waals surface area contributed by atoms with Crippen molar-refractivity contribution in [1.82, 2.24) is 10.2 Å². The molecule has 1 rings (SSSR count). The number of halogens is 1. The van der Waals surface area contributed by atoms with E-state index >= 15 is 0 Å². The van der Waals surface area contributed by atoms with Crippen molar-refractivity contribution in [3.63, 3.8) is 0 Å². The predicted molar refractivity (Wildman–Crippen MR) is 68.7 cm³/mol. The molecule has 0 saturated heterocycles. The third-order valence-corrected chi connectivity index (χ3v) is 2.72. The predicted octanol–water partition coefficient (Wildman–Crippen LogP) is 1.33. The fourth-order valence-electron chi connectivity index (χ4n) is 1.73. The highest BCUT2D eigenvalue weighted by molar-refractivity contribution is 5.98. The molecule has 1 N–H and O–H groups in total. The first kappa shape index (κ1) is 15.0. The number of hydrogen-bond donors (Lipinski definition) is 1. The lowest BCUT2D eigenvalue weighted by atomic mass is 10.1. The van der Waals surface area contributed by atoms with Crippen molar-refractivity contribution >= 4 is 11.6 Å². The van der Waals surface area contributed by atoms with Crippen molar-refractivity contribution in [2.45, 2.75) is 6.92 Å². The number of nitro groups is 1. The molecule has 0 unspecified atom stereocenters. The van der Waals surface area contributed by atoms with Crippen LogP contribution in [0.25, 0.3) is 0 Å². The van der Waals surface area contributed by atoms with Crippen LogP contribution in [0, 0.1) is 22.9 Å². The highest BCUT2D eigenvalue weighted by Gasteiger charge is 2.26. The Morgan fingerprint density at radius 1 is 1.53 bits per heavy atom. The molecule has 0 bridgehead atoms. The van der Waals surface area contributed by atoms with Crippen LogP contribution in [0.2, 0.25) is 0 Å². The molecule has 19 heavy (non-hydrogen) atoms. The molecule has 0 heterocycles. The quantitative estimate of drug-likeness (QED) is 0.646. The Morgan fingerprint density at radius 2 is 2.16 bits per heavy atom. The fraction of sp³-hybridized carbons (Fsp3) is 0.417. The first-order valence-corrected chi connectivity index (χ1v) is 5.73. The van der Waals surface area contributed by atoms with Gasteiger partial charge in [-0.3, -0.25) is 14.9 Å². The number of nitrogens with one attached hydrogen (secondary N) is 1. The number of nitrogens with zero attached hydrogens (tertiary/aromatic N) is 2. The Bertz CT molecular complexity index is 505. The number of rotatable bonds is 5. The molecule has 0 radical (unpaired) electrons. The van der Waals surface area contributed by atoms with Crippen LogP contribution < -0.4 is 5.32 Å². The number of likely N-dealkylation sites (N-methyl/N-ethyl adjacent to an activating group) is 2. The van der Waals surface area contributed by atoms with Gasteiger partial charge in [-0.15, -0.1) is 0 Å². The molecule has 0 aliphatic carbocycles. The van der Waals surface area contributed by atoms with Crippen LogP contribution in [0.4, 0.5) is 10.1 Å². The molecular weight excluding hydrogens is 253 g/mol. The first-order chi connectivity index (χ1) is 8.88. The van der Waals surface area contributed by atoms with E-state index in [2.05, 4.69) is 5.32 Å². The van der Waals surface area contributed by atoms with E-state index in [1.807, 2.05) is 0 Å². The summed E-state index contributed by atoms with van der Waals surface area (Å²) in [6, 6.07) is 1.95. The lowest BCUT2D eigenvalue weighted by Gasteiger charge is -2.17. The minimum atomic E-state index is -0.659. The Kier molecular flexibility index (Phi) is 4.94. The van der Waals surface area contributed by atoms with Gasteiger partial charge in [0.15, 0.2) is 0 Å². The minimum absolute atomic E-state index is 0.135. The third-order valence-electron chi connectivity index (χ3n) is 2.72. The van der Waals surface area contributed by atoms with E-state index in [1.165, 1.54) is 18.9 Å². The second kappa shape index (κ2) is 6.24. The van der Waals surface area contributed by atoms with Crippen LogP contribution >= 0.6 is 0 Å². The molecule has 1 aromatic carbocycles. The van der Waals surface area contributed by atoms with Gasteiger partial charge in [-0.1, -0.05) is 0 Å². The van der Waals surface area contributed by atoms with Gasteiger partial charge in [-0.2, -0.15) is 0 Å². The van der Waals surface area contributed by atoms with Crippen LogP contribution in [-0.2, 0) is 0 Å². The van der Waals surface area contributed by atoms with Gasteiger partial charge in [-0.25, -0.2) is 4.39 Å². The maximum absolute atomic E-state index is 13.3. The van der Waals surface area contributed by atoms with Crippen molar-refractivity contribution in [3.8, 4) is 0 Å². The molecule has 0 aliphatic heterocycles. The highest BCUT2D eigenvalue weighted by Crippen LogP contribution is 2.25. The Morgan fingerprint density at radius 3 is 2.68 bits per heavy atom. The molecule has 7 heteroatoms. The largest absolute Gasteiger partial charge is 0.340 e. The van der Waals surface area contributed by atoms with Gasteiger partial charge in [0, 0.05) is 25.7 Å². The summed E-state index contributed by atoms with van der Waals surface area (Å²) >= 11 is 0. The molecule has 104 valence electrons. The van der Waals surface area contributed by atoms with Gasteiger partial charge in [0.2, 0.25) is 0 Å². The summed E-state index contributed by atoms with van der Waals surface area (Å²) < 4.78 is 13.3. The van der Waals surface area contributed by atoms with Gasteiger partial charge in [0.1, 0.15) is 11.4 Å². The Balaban J connectivity index is 3.18. The smallest absolute Gasteiger partial charge is 0.285 e.